The lowest BCUT2D eigenvalue weighted by Crippen LogP contribution is -2.01. The van der Waals surface area contributed by atoms with Crippen molar-refractivity contribution in [2.45, 2.75) is 27.2 Å². The van der Waals surface area contributed by atoms with E-state index in [-0.39, 0.29) is 5.97 Å². The average molecular weight is 274 g/mol. The fraction of sp³-hybridized carbons (Fsp3) is 0.312. The summed E-state index contributed by atoms with van der Waals surface area (Å²) in [5.74, 6) is -0.230. The zero-order valence-electron chi connectivity index (χ0n) is 11.5. The molecular weight excluding hydrogens is 256 g/mol. The van der Waals surface area contributed by atoms with Gasteiger partial charge >= 0.3 is 5.97 Å². The van der Waals surface area contributed by atoms with Gasteiger partial charge in [0.15, 0.2) is 0 Å². The van der Waals surface area contributed by atoms with Crippen molar-refractivity contribution in [3.8, 4) is 0 Å². The molecule has 0 atom stereocenters. The normalized spacial score (nSPS) is 11.8. The van der Waals surface area contributed by atoms with Gasteiger partial charge in [-0.2, -0.15) is 0 Å². The number of hydrogen-bond acceptors (Lipinski definition) is 3. The Morgan fingerprint density at radius 1 is 1.32 bits per heavy atom. The third-order valence-corrected chi connectivity index (χ3v) is 4.19. The minimum absolute atomic E-state index is 0.230. The minimum Gasteiger partial charge on any atom is -0.462 e. The van der Waals surface area contributed by atoms with Gasteiger partial charge in [0.1, 0.15) is 4.88 Å². The Bertz CT molecular complexity index is 623. The predicted octanol–water partition coefficient (Wildman–Crippen LogP) is 4.89. The third-order valence-electron chi connectivity index (χ3n) is 3.09. The van der Waals surface area contributed by atoms with Crippen LogP contribution in [0, 0.1) is 0 Å². The number of thiophene rings is 1. The fourth-order valence-corrected chi connectivity index (χ4v) is 3.06. The fourth-order valence-electron chi connectivity index (χ4n) is 2.12. The summed E-state index contributed by atoms with van der Waals surface area (Å²) in [5.41, 5.74) is 2.55. The molecule has 0 saturated carbocycles. The lowest BCUT2D eigenvalue weighted by Gasteiger charge is -2.03. The number of hydrogen-bond donors (Lipinski definition) is 0. The number of benzene rings is 1. The monoisotopic (exact) mass is 274 g/mol. The van der Waals surface area contributed by atoms with Gasteiger partial charge in [0.25, 0.3) is 0 Å². The lowest BCUT2D eigenvalue weighted by atomic mass is 10.0. The van der Waals surface area contributed by atoms with Crippen molar-refractivity contribution in [3.05, 3.63) is 40.8 Å². The van der Waals surface area contributed by atoms with E-state index in [2.05, 4.69) is 38.1 Å². The Morgan fingerprint density at radius 2 is 2.11 bits per heavy atom. The quantitative estimate of drug-likeness (QED) is 0.742. The third kappa shape index (κ3) is 2.87. The molecule has 0 radical (unpaired) electrons. The van der Waals surface area contributed by atoms with Crippen molar-refractivity contribution >= 4 is 33.0 Å². The maximum absolute atomic E-state index is 11.7. The zero-order chi connectivity index (χ0) is 13.8. The smallest absolute Gasteiger partial charge is 0.348 e. The molecule has 19 heavy (non-hydrogen) atoms. The highest BCUT2D eigenvalue weighted by molar-refractivity contribution is 7.20. The van der Waals surface area contributed by atoms with E-state index >= 15 is 0 Å². The van der Waals surface area contributed by atoms with Crippen LogP contribution in [0.15, 0.2) is 30.3 Å². The predicted molar refractivity (Wildman–Crippen MR) is 81.7 cm³/mol. The summed E-state index contributed by atoms with van der Waals surface area (Å²) in [4.78, 5) is 12.4. The van der Waals surface area contributed by atoms with Crippen LogP contribution in [0.25, 0.3) is 15.7 Å². The first-order valence-electron chi connectivity index (χ1n) is 6.55. The highest BCUT2D eigenvalue weighted by atomic mass is 32.1. The van der Waals surface area contributed by atoms with E-state index in [1.54, 1.807) is 0 Å². The number of esters is 1. The van der Waals surface area contributed by atoms with Crippen molar-refractivity contribution in [1.29, 1.82) is 0 Å². The van der Waals surface area contributed by atoms with Gasteiger partial charge in [0.2, 0.25) is 0 Å². The van der Waals surface area contributed by atoms with Gasteiger partial charge in [-0.05, 0) is 55.0 Å². The maximum atomic E-state index is 11.7. The first kappa shape index (κ1) is 13.8. The molecule has 1 heterocycles. The van der Waals surface area contributed by atoms with E-state index in [0.29, 0.717) is 11.5 Å². The molecule has 0 bridgehead atoms. The molecule has 100 valence electrons. The minimum atomic E-state index is -0.230. The summed E-state index contributed by atoms with van der Waals surface area (Å²) in [6.07, 6.45) is 3.15. The van der Waals surface area contributed by atoms with E-state index in [9.17, 15) is 4.79 Å². The molecule has 2 rings (SSSR count). The first-order chi connectivity index (χ1) is 9.19. The van der Waals surface area contributed by atoms with Crippen LogP contribution in [0.2, 0.25) is 0 Å². The van der Waals surface area contributed by atoms with E-state index < -0.39 is 0 Å². The molecule has 0 aliphatic heterocycles. The molecule has 1 aromatic heterocycles. The molecule has 3 heteroatoms. The Balaban J connectivity index is 2.41. The van der Waals surface area contributed by atoms with Crippen molar-refractivity contribution < 1.29 is 9.53 Å². The highest BCUT2D eigenvalue weighted by Gasteiger charge is 2.11. The molecule has 0 fully saturated rings. The molecular formula is C16H18O2S. The molecule has 0 N–H and O–H groups in total. The summed E-state index contributed by atoms with van der Waals surface area (Å²) in [5, 5.41) is 1.11. The van der Waals surface area contributed by atoms with Gasteiger partial charge in [-0.15, -0.1) is 11.3 Å². The number of rotatable bonds is 4. The van der Waals surface area contributed by atoms with Crippen LogP contribution < -0.4 is 0 Å². The maximum Gasteiger partial charge on any atom is 0.348 e. The van der Waals surface area contributed by atoms with Gasteiger partial charge in [-0.1, -0.05) is 19.1 Å². The summed E-state index contributed by atoms with van der Waals surface area (Å²) < 4.78 is 6.16. The molecule has 0 saturated heterocycles. The van der Waals surface area contributed by atoms with Crippen molar-refractivity contribution in [2.24, 2.45) is 0 Å². The van der Waals surface area contributed by atoms with Crippen LogP contribution in [0.1, 0.15) is 42.4 Å². The average Bonchev–Trinajstić information content (AvgIpc) is 2.83. The second-order valence-electron chi connectivity index (χ2n) is 4.25. The summed E-state index contributed by atoms with van der Waals surface area (Å²) in [6.45, 7) is 6.44. The SMILES string of the molecule is C/C=C(\CC)c1ccc2sc(C(=O)OCC)cc2c1. The molecule has 0 spiro atoms. The van der Waals surface area contributed by atoms with E-state index in [1.165, 1.54) is 22.5 Å². The van der Waals surface area contributed by atoms with Crippen LogP contribution in [0.3, 0.4) is 0 Å². The van der Waals surface area contributed by atoms with Gasteiger partial charge in [-0.3, -0.25) is 0 Å². The van der Waals surface area contributed by atoms with Gasteiger partial charge in [-0.25, -0.2) is 4.79 Å². The highest BCUT2D eigenvalue weighted by Crippen LogP contribution is 2.29. The van der Waals surface area contributed by atoms with E-state index in [1.807, 2.05) is 13.0 Å². The van der Waals surface area contributed by atoms with Crippen LogP contribution in [0.5, 0.6) is 0 Å². The second kappa shape index (κ2) is 6.02. The standard InChI is InChI=1S/C16H18O2S/c1-4-11(5-2)12-7-8-14-13(9-12)10-15(19-14)16(17)18-6-3/h4,7-10H,5-6H2,1-3H3/b11-4+. The van der Waals surface area contributed by atoms with Crippen molar-refractivity contribution in [2.75, 3.05) is 6.61 Å². The van der Waals surface area contributed by atoms with Crippen molar-refractivity contribution in [3.63, 3.8) is 0 Å². The Labute approximate surface area is 117 Å². The second-order valence-corrected chi connectivity index (χ2v) is 5.33. The number of allylic oxidation sites excluding steroid dienone is 2. The Hall–Kier alpha value is -1.61. The molecule has 0 amide bonds. The van der Waals surface area contributed by atoms with E-state index in [0.717, 1.165) is 16.5 Å². The van der Waals surface area contributed by atoms with E-state index in [4.69, 9.17) is 4.74 Å². The molecule has 0 unspecified atom stereocenters. The van der Waals surface area contributed by atoms with Crippen LogP contribution in [-0.4, -0.2) is 12.6 Å². The summed E-state index contributed by atoms with van der Waals surface area (Å²) >= 11 is 1.49. The summed E-state index contributed by atoms with van der Waals surface area (Å²) in [6, 6.07) is 8.27. The van der Waals surface area contributed by atoms with Crippen LogP contribution in [0.4, 0.5) is 0 Å². The zero-order valence-corrected chi connectivity index (χ0v) is 12.3. The number of carbonyl (C=O) groups is 1. The molecule has 2 aromatic rings. The summed E-state index contributed by atoms with van der Waals surface area (Å²) in [7, 11) is 0. The van der Waals surface area contributed by atoms with Gasteiger partial charge in [0, 0.05) is 4.70 Å². The first-order valence-corrected chi connectivity index (χ1v) is 7.37. The molecule has 0 aliphatic carbocycles. The molecule has 1 aromatic carbocycles. The van der Waals surface area contributed by atoms with Gasteiger partial charge in [0.05, 0.1) is 6.61 Å². The van der Waals surface area contributed by atoms with Gasteiger partial charge < -0.3 is 4.74 Å². The van der Waals surface area contributed by atoms with Crippen molar-refractivity contribution in [1.82, 2.24) is 0 Å². The largest absolute Gasteiger partial charge is 0.462 e. The van der Waals surface area contributed by atoms with Crippen LogP contribution in [-0.2, 0) is 4.74 Å². The topological polar surface area (TPSA) is 26.3 Å². The number of carbonyl (C=O) groups excluding carboxylic acids is 1. The molecule has 0 aliphatic rings. The Kier molecular flexibility index (Phi) is 4.38. The Morgan fingerprint density at radius 3 is 2.74 bits per heavy atom. The number of fused-ring (bicyclic) bond motifs is 1. The lowest BCUT2D eigenvalue weighted by molar-refractivity contribution is 0.0532. The molecule has 2 nitrogen and oxygen atoms in total. The van der Waals surface area contributed by atoms with Crippen LogP contribution >= 0.6 is 11.3 Å². The number of ether oxygens (including phenoxy) is 1.